The molecule has 1 rings (SSSR count). The Morgan fingerprint density at radius 3 is 2.69 bits per heavy atom. The number of carbonyl (C=O) groups is 1. The van der Waals surface area contributed by atoms with Crippen molar-refractivity contribution in [2.75, 3.05) is 7.11 Å². The first-order valence-electron chi connectivity index (χ1n) is 5.15. The van der Waals surface area contributed by atoms with Crippen LogP contribution in [0.2, 0.25) is 0 Å². The molecule has 4 heteroatoms. The molecule has 2 unspecified atom stereocenters. The Labute approximate surface area is 94.5 Å². The van der Waals surface area contributed by atoms with Gasteiger partial charge in [-0.3, -0.25) is 4.79 Å². The van der Waals surface area contributed by atoms with Crippen LogP contribution in [0.1, 0.15) is 25.0 Å². The third-order valence-corrected chi connectivity index (χ3v) is 2.54. The van der Waals surface area contributed by atoms with Crippen molar-refractivity contribution < 1.29 is 19.7 Å². The number of methoxy groups -OCH3 is 1. The summed E-state index contributed by atoms with van der Waals surface area (Å²) in [5.41, 5.74) is 0.511. The molecular formula is C12H16O4. The second-order valence-electron chi connectivity index (χ2n) is 3.58. The molecule has 0 fully saturated rings. The summed E-state index contributed by atoms with van der Waals surface area (Å²) < 4.78 is 4.61. The molecular weight excluding hydrogens is 208 g/mol. The zero-order chi connectivity index (χ0) is 12.1. The van der Waals surface area contributed by atoms with Crippen molar-refractivity contribution in [3.63, 3.8) is 0 Å². The van der Waals surface area contributed by atoms with Gasteiger partial charge in [0.1, 0.15) is 5.75 Å². The summed E-state index contributed by atoms with van der Waals surface area (Å²) in [6, 6.07) is 6.24. The van der Waals surface area contributed by atoms with Crippen LogP contribution in [-0.4, -0.2) is 23.3 Å². The van der Waals surface area contributed by atoms with E-state index in [1.54, 1.807) is 19.1 Å². The number of phenols is 1. The second-order valence-corrected chi connectivity index (χ2v) is 3.58. The molecule has 0 aliphatic rings. The lowest BCUT2D eigenvalue weighted by molar-refractivity contribution is -0.149. The van der Waals surface area contributed by atoms with Crippen LogP contribution in [0, 0.1) is 5.92 Å². The van der Waals surface area contributed by atoms with Crippen molar-refractivity contribution in [3.8, 4) is 5.75 Å². The number of benzene rings is 1. The lowest BCUT2D eigenvalue weighted by Crippen LogP contribution is -2.22. The summed E-state index contributed by atoms with van der Waals surface area (Å²) in [6.07, 6.45) is -0.478. The van der Waals surface area contributed by atoms with Crippen LogP contribution in [0.4, 0.5) is 0 Å². The van der Waals surface area contributed by atoms with E-state index in [1.807, 2.05) is 0 Å². The van der Waals surface area contributed by atoms with Crippen LogP contribution < -0.4 is 0 Å². The minimum Gasteiger partial charge on any atom is -0.508 e. The first kappa shape index (κ1) is 12.5. The van der Waals surface area contributed by atoms with Gasteiger partial charge in [0.25, 0.3) is 0 Å². The van der Waals surface area contributed by atoms with Gasteiger partial charge in [0.15, 0.2) is 0 Å². The van der Waals surface area contributed by atoms with E-state index >= 15 is 0 Å². The fourth-order valence-electron chi connectivity index (χ4n) is 1.61. The third kappa shape index (κ3) is 2.73. The Hall–Kier alpha value is -1.55. The molecule has 0 amide bonds. The minimum absolute atomic E-state index is 0.0660. The first-order valence-corrected chi connectivity index (χ1v) is 5.15. The predicted octanol–water partition coefficient (Wildman–Crippen LogP) is 1.62. The highest BCUT2D eigenvalue weighted by atomic mass is 16.5. The summed E-state index contributed by atoms with van der Waals surface area (Å²) in [5, 5.41) is 19.3. The topological polar surface area (TPSA) is 66.8 Å². The van der Waals surface area contributed by atoms with E-state index in [-0.39, 0.29) is 5.75 Å². The number of aromatic hydroxyl groups is 1. The average molecular weight is 224 g/mol. The summed E-state index contributed by atoms with van der Waals surface area (Å²) in [5.74, 6) is -0.985. The van der Waals surface area contributed by atoms with Crippen molar-refractivity contribution >= 4 is 5.97 Å². The molecule has 2 atom stereocenters. The molecule has 0 saturated carbocycles. The van der Waals surface area contributed by atoms with Crippen LogP contribution in [-0.2, 0) is 9.53 Å². The van der Waals surface area contributed by atoms with Gasteiger partial charge in [-0.2, -0.15) is 0 Å². The quantitative estimate of drug-likeness (QED) is 0.763. The van der Waals surface area contributed by atoms with Gasteiger partial charge < -0.3 is 14.9 Å². The summed E-state index contributed by atoms with van der Waals surface area (Å²) >= 11 is 0. The number of aliphatic hydroxyl groups is 1. The zero-order valence-corrected chi connectivity index (χ0v) is 9.38. The Morgan fingerprint density at radius 2 is 2.19 bits per heavy atom. The molecule has 1 aromatic rings. The van der Waals surface area contributed by atoms with Crippen molar-refractivity contribution in [2.45, 2.75) is 19.4 Å². The summed E-state index contributed by atoms with van der Waals surface area (Å²) in [7, 11) is 1.29. The van der Waals surface area contributed by atoms with E-state index in [0.29, 0.717) is 12.0 Å². The van der Waals surface area contributed by atoms with Gasteiger partial charge in [-0.15, -0.1) is 0 Å². The number of rotatable bonds is 4. The van der Waals surface area contributed by atoms with Gasteiger partial charge in [-0.05, 0) is 24.1 Å². The number of ether oxygens (including phenoxy) is 1. The van der Waals surface area contributed by atoms with Gasteiger partial charge in [0, 0.05) is 0 Å². The molecule has 0 saturated heterocycles. The van der Waals surface area contributed by atoms with E-state index in [0.717, 1.165) is 0 Å². The van der Waals surface area contributed by atoms with Crippen molar-refractivity contribution in [1.82, 2.24) is 0 Å². The normalized spacial score (nSPS) is 14.2. The van der Waals surface area contributed by atoms with Crippen LogP contribution in [0.5, 0.6) is 5.75 Å². The van der Waals surface area contributed by atoms with Gasteiger partial charge in [0.2, 0.25) is 0 Å². The summed E-state index contributed by atoms with van der Waals surface area (Å²) in [4.78, 5) is 11.4. The fourth-order valence-corrected chi connectivity index (χ4v) is 1.61. The van der Waals surface area contributed by atoms with Gasteiger partial charge in [0.05, 0.1) is 19.1 Å². The highest BCUT2D eigenvalue weighted by molar-refractivity contribution is 5.73. The van der Waals surface area contributed by atoms with Crippen molar-refractivity contribution in [3.05, 3.63) is 29.8 Å². The molecule has 88 valence electrons. The van der Waals surface area contributed by atoms with E-state index in [1.165, 1.54) is 19.2 Å². The summed E-state index contributed by atoms with van der Waals surface area (Å²) in [6.45, 7) is 1.80. The molecule has 16 heavy (non-hydrogen) atoms. The molecule has 0 aliphatic heterocycles. The molecule has 0 radical (unpaired) electrons. The molecule has 0 aliphatic carbocycles. The number of phenolic OH excluding ortho intramolecular Hbond substituents is 1. The lowest BCUT2D eigenvalue weighted by Gasteiger charge is -2.19. The van der Waals surface area contributed by atoms with Crippen molar-refractivity contribution in [1.29, 1.82) is 0 Å². The molecule has 0 spiro atoms. The van der Waals surface area contributed by atoms with Crippen LogP contribution in [0.15, 0.2) is 24.3 Å². The van der Waals surface area contributed by atoms with Gasteiger partial charge in [-0.1, -0.05) is 19.1 Å². The van der Waals surface area contributed by atoms with Crippen LogP contribution >= 0.6 is 0 Å². The first-order chi connectivity index (χ1) is 7.60. The van der Waals surface area contributed by atoms with Gasteiger partial charge >= 0.3 is 5.97 Å². The number of hydrogen-bond acceptors (Lipinski definition) is 4. The average Bonchev–Trinajstić information content (AvgIpc) is 2.29. The smallest absolute Gasteiger partial charge is 0.311 e. The maximum atomic E-state index is 11.4. The number of hydrogen-bond donors (Lipinski definition) is 2. The lowest BCUT2D eigenvalue weighted by atomic mass is 9.93. The predicted molar refractivity (Wildman–Crippen MR) is 58.9 cm³/mol. The van der Waals surface area contributed by atoms with Crippen LogP contribution in [0.3, 0.4) is 0 Å². The molecule has 2 N–H and O–H groups in total. The maximum absolute atomic E-state index is 11.4. The maximum Gasteiger partial charge on any atom is 0.311 e. The highest BCUT2D eigenvalue weighted by Gasteiger charge is 2.27. The SMILES string of the molecule is CCC(C(=O)OC)C(O)c1cccc(O)c1. The molecule has 0 aromatic heterocycles. The minimum atomic E-state index is -0.954. The highest BCUT2D eigenvalue weighted by Crippen LogP contribution is 2.27. The van der Waals surface area contributed by atoms with Crippen LogP contribution in [0.25, 0.3) is 0 Å². The molecule has 0 bridgehead atoms. The Balaban J connectivity index is 2.90. The number of esters is 1. The molecule has 4 nitrogen and oxygen atoms in total. The van der Waals surface area contributed by atoms with Gasteiger partial charge in [-0.25, -0.2) is 0 Å². The van der Waals surface area contributed by atoms with Crippen molar-refractivity contribution in [2.24, 2.45) is 5.92 Å². The number of carbonyl (C=O) groups excluding carboxylic acids is 1. The van der Waals surface area contributed by atoms with E-state index < -0.39 is 18.0 Å². The molecule has 1 aromatic carbocycles. The Bertz CT molecular complexity index is 362. The molecule has 0 heterocycles. The Morgan fingerprint density at radius 1 is 1.50 bits per heavy atom. The Kier molecular flexibility index (Phi) is 4.31. The largest absolute Gasteiger partial charge is 0.508 e. The van der Waals surface area contributed by atoms with E-state index in [2.05, 4.69) is 4.74 Å². The monoisotopic (exact) mass is 224 g/mol. The van der Waals surface area contributed by atoms with E-state index in [9.17, 15) is 15.0 Å². The third-order valence-electron chi connectivity index (χ3n) is 2.54. The standard InChI is InChI=1S/C12H16O4/c1-3-10(12(15)16-2)11(14)8-5-4-6-9(13)7-8/h4-7,10-11,13-14H,3H2,1-2H3. The zero-order valence-electron chi connectivity index (χ0n) is 9.38. The number of aliphatic hydroxyl groups excluding tert-OH is 1. The second kappa shape index (κ2) is 5.51. The fraction of sp³-hybridized carbons (Fsp3) is 0.417. The van der Waals surface area contributed by atoms with E-state index in [4.69, 9.17) is 0 Å².